The third-order valence-electron chi connectivity index (χ3n) is 2.93. The van der Waals surface area contributed by atoms with E-state index in [9.17, 15) is 4.79 Å². The second-order valence-electron chi connectivity index (χ2n) is 4.42. The molecule has 0 bridgehead atoms. The van der Waals surface area contributed by atoms with Crippen LogP contribution in [-0.2, 0) is 6.42 Å². The van der Waals surface area contributed by atoms with Crippen LogP contribution in [0, 0.1) is 0 Å². The van der Waals surface area contributed by atoms with E-state index < -0.39 is 5.97 Å². The van der Waals surface area contributed by atoms with Crippen molar-refractivity contribution >= 4 is 17.3 Å². The number of thiazole rings is 1. The Kier molecular flexibility index (Phi) is 4.68. The second-order valence-corrected chi connectivity index (χ2v) is 5.50. The van der Waals surface area contributed by atoms with Gasteiger partial charge in [-0.2, -0.15) is 0 Å². The van der Waals surface area contributed by atoms with Crippen LogP contribution in [0.15, 0.2) is 30.3 Å². The molecule has 0 spiro atoms. The van der Waals surface area contributed by atoms with Gasteiger partial charge in [0.2, 0.25) is 5.01 Å². The van der Waals surface area contributed by atoms with Gasteiger partial charge in [-0.15, -0.1) is 11.3 Å². The van der Waals surface area contributed by atoms with Gasteiger partial charge in [-0.25, -0.2) is 9.78 Å². The fourth-order valence-electron chi connectivity index (χ4n) is 1.97. The topological polar surface area (TPSA) is 50.2 Å². The molecule has 4 heteroatoms. The van der Waals surface area contributed by atoms with Gasteiger partial charge in [0.15, 0.2) is 0 Å². The lowest BCUT2D eigenvalue weighted by atomic mass is 10.1. The van der Waals surface area contributed by atoms with E-state index in [2.05, 4.69) is 11.9 Å². The first-order valence-corrected chi connectivity index (χ1v) is 7.32. The fraction of sp³-hybridized carbons (Fsp3) is 0.333. The lowest BCUT2D eigenvalue weighted by Gasteiger charge is -2.01. The summed E-state index contributed by atoms with van der Waals surface area (Å²) in [6, 6.07) is 9.80. The summed E-state index contributed by atoms with van der Waals surface area (Å²) in [5.74, 6) is -0.941. The number of aromatic nitrogens is 1. The molecule has 0 unspecified atom stereocenters. The van der Waals surface area contributed by atoms with Crippen molar-refractivity contribution in [1.82, 2.24) is 4.98 Å². The normalized spacial score (nSPS) is 10.6. The van der Waals surface area contributed by atoms with Gasteiger partial charge in [0.05, 0.1) is 5.69 Å². The minimum atomic E-state index is -0.941. The van der Waals surface area contributed by atoms with Crippen molar-refractivity contribution in [3.63, 3.8) is 0 Å². The summed E-state index contributed by atoms with van der Waals surface area (Å²) in [5.41, 5.74) is 1.83. The summed E-state index contributed by atoms with van der Waals surface area (Å²) in [6.07, 6.45) is 4.31. The van der Waals surface area contributed by atoms with E-state index in [1.165, 1.54) is 11.3 Å². The van der Waals surface area contributed by atoms with E-state index in [0.717, 1.165) is 41.8 Å². The summed E-state index contributed by atoms with van der Waals surface area (Å²) >= 11 is 1.30. The van der Waals surface area contributed by atoms with Crippen molar-refractivity contribution < 1.29 is 9.90 Å². The number of rotatable bonds is 6. The van der Waals surface area contributed by atoms with Crippen LogP contribution in [0.25, 0.3) is 11.3 Å². The Balaban J connectivity index is 2.32. The van der Waals surface area contributed by atoms with Crippen molar-refractivity contribution in [3.05, 3.63) is 40.2 Å². The minimum Gasteiger partial charge on any atom is -0.476 e. The molecule has 0 radical (unpaired) electrons. The first kappa shape index (κ1) is 13.7. The Labute approximate surface area is 116 Å². The van der Waals surface area contributed by atoms with Gasteiger partial charge in [-0.3, -0.25) is 0 Å². The van der Waals surface area contributed by atoms with Gasteiger partial charge in [-0.1, -0.05) is 50.1 Å². The highest BCUT2D eigenvalue weighted by molar-refractivity contribution is 7.13. The molecule has 0 aliphatic rings. The molecule has 0 aliphatic heterocycles. The van der Waals surface area contributed by atoms with Crippen molar-refractivity contribution in [1.29, 1.82) is 0 Å². The quantitative estimate of drug-likeness (QED) is 0.802. The molecule has 2 aromatic rings. The molecule has 0 saturated heterocycles. The highest BCUT2D eigenvalue weighted by Gasteiger charge is 2.16. The van der Waals surface area contributed by atoms with Crippen molar-refractivity contribution in [3.8, 4) is 11.3 Å². The highest BCUT2D eigenvalue weighted by Crippen LogP contribution is 2.29. The molecule has 1 aromatic carbocycles. The largest absolute Gasteiger partial charge is 0.476 e. The zero-order valence-corrected chi connectivity index (χ0v) is 11.7. The number of carbonyl (C=O) groups is 1. The van der Waals surface area contributed by atoms with Gasteiger partial charge in [0, 0.05) is 10.4 Å². The second kappa shape index (κ2) is 6.48. The van der Waals surface area contributed by atoms with Gasteiger partial charge >= 0.3 is 5.97 Å². The average Bonchev–Trinajstić information content (AvgIpc) is 2.84. The number of hydrogen-bond acceptors (Lipinski definition) is 3. The molecule has 0 atom stereocenters. The highest BCUT2D eigenvalue weighted by atomic mass is 32.1. The Morgan fingerprint density at radius 1 is 1.26 bits per heavy atom. The SMILES string of the molecule is CCCCCc1sc(C(=O)O)nc1-c1ccccc1. The van der Waals surface area contributed by atoms with Gasteiger partial charge in [0.25, 0.3) is 0 Å². The van der Waals surface area contributed by atoms with Crippen molar-refractivity contribution in [2.24, 2.45) is 0 Å². The number of carboxylic acids is 1. The third-order valence-corrected chi connectivity index (χ3v) is 4.04. The van der Waals surface area contributed by atoms with E-state index in [4.69, 9.17) is 5.11 Å². The Morgan fingerprint density at radius 3 is 2.63 bits per heavy atom. The number of hydrogen-bond donors (Lipinski definition) is 1. The van der Waals surface area contributed by atoms with Crippen LogP contribution in [0.3, 0.4) is 0 Å². The number of carboxylic acid groups (broad SMARTS) is 1. The average molecular weight is 275 g/mol. The zero-order valence-electron chi connectivity index (χ0n) is 10.9. The minimum absolute atomic E-state index is 0.186. The van der Waals surface area contributed by atoms with E-state index in [-0.39, 0.29) is 5.01 Å². The summed E-state index contributed by atoms with van der Waals surface area (Å²) < 4.78 is 0. The van der Waals surface area contributed by atoms with Crippen LogP contribution in [-0.4, -0.2) is 16.1 Å². The molecule has 1 N–H and O–H groups in total. The molecule has 1 heterocycles. The molecular weight excluding hydrogens is 258 g/mol. The summed E-state index contributed by atoms with van der Waals surface area (Å²) in [6.45, 7) is 2.16. The maximum atomic E-state index is 11.1. The molecule has 0 aliphatic carbocycles. The predicted octanol–water partition coefficient (Wildman–Crippen LogP) is 4.24. The molecule has 3 nitrogen and oxygen atoms in total. The monoisotopic (exact) mass is 275 g/mol. The number of benzene rings is 1. The fourth-order valence-corrected chi connectivity index (χ4v) is 2.93. The van der Waals surface area contributed by atoms with Crippen molar-refractivity contribution in [2.45, 2.75) is 32.6 Å². The number of nitrogens with zero attached hydrogens (tertiary/aromatic N) is 1. The smallest absolute Gasteiger partial charge is 0.365 e. The van der Waals surface area contributed by atoms with Crippen LogP contribution in [0.2, 0.25) is 0 Å². The summed E-state index contributed by atoms with van der Waals surface area (Å²) in [5, 5.41) is 9.27. The number of unbranched alkanes of at least 4 members (excludes halogenated alkanes) is 2. The van der Waals surface area contributed by atoms with E-state index in [0.29, 0.717) is 0 Å². The maximum absolute atomic E-state index is 11.1. The van der Waals surface area contributed by atoms with Gasteiger partial charge < -0.3 is 5.11 Å². The van der Waals surface area contributed by atoms with Crippen LogP contribution in [0.5, 0.6) is 0 Å². The van der Waals surface area contributed by atoms with Crippen LogP contribution >= 0.6 is 11.3 Å². The molecule has 100 valence electrons. The number of aromatic carboxylic acids is 1. The molecular formula is C15H17NO2S. The Hall–Kier alpha value is -1.68. The Morgan fingerprint density at radius 2 is 2.00 bits per heavy atom. The zero-order chi connectivity index (χ0) is 13.7. The van der Waals surface area contributed by atoms with E-state index >= 15 is 0 Å². The van der Waals surface area contributed by atoms with E-state index in [1.807, 2.05) is 30.3 Å². The van der Waals surface area contributed by atoms with Gasteiger partial charge in [-0.05, 0) is 12.8 Å². The van der Waals surface area contributed by atoms with Crippen LogP contribution in [0.1, 0.15) is 40.9 Å². The number of aryl methyl sites for hydroxylation is 1. The Bertz CT molecular complexity index is 549. The molecule has 2 rings (SSSR count). The van der Waals surface area contributed by atoms with Crippen LogP contribution < -0.4 is 0 Å². The van der Waals surface area contributed by atoms with Gasteiger partial charge in [0.1, 0.15) is 0 Å². The lowest BCUT2D eigenvalue weighted by Crippen LogP contribution is -1.94. The molecule has 19 heavy (non-hydrogen) atoms. The third kappa shape index (κ3) is 3.41. The molecule has 0 fully saturated rings. The molecule has 0 amide bonds. The molecule has 0 saturated carbocycles. The first-order chi connectivity index (χ1) is 9.22. The molecule has 1 aromatic heterocycles. The predicted molar refractivity (Wildman–Crippen MR) is 77.7 cm³/mol. The summed E-state index contributed by atoms with van der Waals surface area (Å²) in [7, 11) is 0. The van der Waals surface area contributed by atoms with Crippen molar-refractivity contribution in [2.75, 3.05) is 0 Å². The summed E-state index contributed by atoms with van der Waals surface area (Å²) in [4.78, 5) is 16.4. The standard InChI is InChI=1S/C15H17NO2S/c1-2-3-5-10-12-13(11-8-6-4-7-9-11)16-14(19-12)15(17)18/h4,6-9H,2-3,5,10H2,1H3,(H,17,18). The van der Waals surface area contributed by atoms with Crippen LogP contribution in [0.4, 0.5) is 0 Å². The maximum Gasteiger partial charge on any atom is 0.365 e. The first-order valence-electron chi connectivity index (χ1n) is 6.50. The van der Waals surface area contributed by atoms with E-state index in [1.54, 1.807) is 0 Å². The lowest BCUT2D eigenvalue weighted by molar-refractivity contribution is 0.0696.